The van der Waals surface area contributed by atoms with Gasteiger partial charge in [0.1, 0.15) is 18.5 Å². The van der Waals surface area contributed by atoms with Crippen molar-refractivity contribution in [1.82, 2.24) is 0 Å². The number of rotatable bonds is 6. The number of aryl methyl sites for hydroxylation is 1. The number of hydrogen-bond acceptors (Lipinski definition) is 2. The molecule has 0 aromatic heterocycles. The van der Waals surface area contributed by atoms with E-state index in [2.05, 4.69) is 13.0 Å². The van der Waals surface area contributed by atoms with Crippen LogP contribution in [0.2, 0.25) is 0 Å². The molecule has 13 aliphatic rings. The second-order valence-electron chi connectivity index (χ2n) is 19.2. The van der Waals surface area contributed by atoms with Crippen LogP contribution in [0.25, 0.3) is 0 Å². The highest BCUT2D eigenvalue weighted by Crippen LogP contribution is 2.69. The molecule has 1 aromatic rings. The second-order valence-corrected chi connectivity index (χ2v) is 19.2. The number of benzene rings is 1. The Hall–Kier alpha value is -1.02. The molecule has 1 aromatic carbocycles. The van der Waals surface area contributed by atoms with Crippen molar-refractivity contribution < 1.29 is 9.47 Å². The van der Waals surface area contributed by atoms with Crippen LogP contribution in [0.5, 0.6) is 5.75 Å². The molecule has 42 heavy (non-hydrogen) atoms. The van der Waals surface area contributed by atoms with E-state index in [1.54, 1.807) is 11.1 Å². The van der Waals surface area contributed by atoms with E-state index in [4.69, 9.17) is 9.47 Å². The Morgan fingerprint density at radius 2 is 0.929 bits per heavy atom. The Kier molecular flexibility index (Phi) is 5.05. The van der Waals surface area contributed by atoms with Crippen LogP contribution in [0.3, 0.4) is 0 Å². The van der Waals surface area contributed by atoms with Gasteiger partial charge in [0.15, 0.2) is 0 Å². The van der Waals surface area contributed by atoms with Crippen molar-refractivity contribution in [2.24, 2.45) is 53.3 Å². The third-order valence-electron chi connectivity index (χ3n) is 16.0. The molecule has 1 aliphatic heterocycles. The number of ether oxygens (including phenoxy) is 2. The van der Waals surface area contributed by atoms with E-state index in [9.17, 15) is 0 Å². The van der Waals surface area contributed by atoms with E-state index >= 15 is 0 Å². The van der Waals surface area contributed by atoms with Crippen LogP contribution in [0.4, 0.5) is 0 Å². The Morgan fingerprint density at radius 3 is 1.31 bits per heavy atom. The van der Waals surface area contributed by atoms with E-state index in [1.165, 1.54) is 121 Å². The third kappa shape index (κ3) is 3.54. The summed E-state index contributed by atoms with van der Waals surface area (Å²) in [5.74, 6) is 10.3. The topological polar surface area (TPSA) is 21.8 Å². The Morgan fingerprint density at radius 1 is 0.571 bits per heavy atom. The molecule has 0 N–H and O–H groups in total. The number of hydrogen-bond donors (Lipinski definition) is 0. The lowest BCUT2D eigenvalue weighted by atomic mass is 9.43. The first-order chi connectivity index (χ1) is 20.4. The normalized spacial score (nSPS) is 53.7. The summed E-state index contributed by atoms with van der Waals surface area (Å²) in [4.78, 5) is 0. The van der Waals surface area contributed by atoms with Crippen molar-refractivity contribution >= 4 is 0 Å². The molecule has 12 saturated carbocycles. The van der Waals surface area contributed by atoms with Crippen LogP contribution in [-0.2, 0) is 21.0 Å². The molecule has 0 amide bonds. The maximum Gasteiger partial charge on any atom is 0.127 e. The second kappa shape index (κ2) is 8.41. The van der Waals surface area contributed by atoms with Gasteiger partial charge in [0.05, 0.1) is 6.61 Å². The van der Waals surface area contributed by atoms with E-state index in [1.807, 2.05) is 11.1 Å². The summed E-state index contributed by atoms with van der Waals surface area (Å²) in [7, 11) is 0. The zero-order valence-corrected chi connectivity index (χ0v) is 26.3. The summed E-state index contributed by atoms with van der Waals surface area (Å²) in [5, 5.41) is 0. The van der Waals surface area contributed by atoms with Gasteiger partial charge in [-0.2, -0.15) is 0 Å². The molecule has 1 saturated heterocycles. The maximum atomic E-state index is 7.41. The first-order valence-electron chi connectivity index (χ1n) is 18.9. The van der Waals surface area contributed by atoms with Gasteiger partial charge < -0.3 is 9.47 Å². The van der Waals surface area contributed by atoms with E-state index in [0.717, 1.165) is 66.5 Å². The summed E-state index contributed by atoms with van der Waals surface area (Å²) < 4.78 is 13.2. The quantitative estimate of drug-likeness (QED) is 0.320. The fourth-order valence-corrected chi connectivity index (χ4v) is 16.1. The van der Waals surface area contributed by atoms with Gasteiger partial charge in [-0.15, -0.1) is 0 Å². The molecular weight excluding hydrogens is 512 g/mol. The summed E-state index contributed by atoms with van der Waals surface area (Å²) in [5.41, 5.74) is 8.39. The average molecular weight is 567 g/mol. The predicted molar refractivity (Wildman–Crippen MR) is 166 cm³/mol. The van der Waals surface area contributed by atoms with Crippen LogP contribution in [0, 0.1) is 60.2 Å². The SMILES string of the molecule is Cc1cc(C23CC4CC(CC(C4)C2)C3)c(OCC2CO2)c(C23CC4CC(CC(C4)C2)C3)c1C12CC3CC(CC(C3)C1)C2. The highest BCUT2D eigenvalue weighted by molar-refractivity contribution is 5.61. The van der Waals surface area contributed by atoms with Crippen LogP contribution < -0.4 is 4.74 Å². The summed E-state index contributed by atoms with van der Waals surface area (Å²) in [6.45, 7) is 4.31. The number of epoxide rings is 1. The molecule has 2 nitrogen and oxygen atoms in total. The molecule has 12 bridgehead atoms. The minimum atomic E-state index is 0.336. The summed E-state index contributed by atoms with van der Waals surface area (Å²) in [6, 6.07) is 2.81. The van der Waals surface area contributed by atoms with Gasteiger partial charge in [0.25, 0.3) is 0 Å². The highest BCUT2D eigenvalue weighted by atomic mass is 16.6. The van der Waals surface area contributed by atoms with E-state index in [0.29, 0.717) is 22.3 Å². The lowest BCUT2D eigenvalue weighted by Gasteiger charge is -2.62. The average Bonchev–Trinajstić information content (AvgIpc) is 3.74. The molecule has 0 spiro atoms. The van der Waals surface area contributed by atoms with E-state index < -0.39 is 0 Å². The fraction of sp³-hybridized carbons (Fsp3) is 0.850. The predicted octanol–water partition coefficient (Wildman–Crippen LogP) is 9.18. The lowest BCUT2D eigenvalue weighted by Crippen LogP contribution is -2.53. The summed E-state index contributed by atoms with van der Waals surface area (Å²) in [6.07, 6.45) is 27.4. The smallest absolute Gasteiger partial charge is 0.127 e. The van der Waals surface area contributed by atoms with Crippen LogP contribution in [0.15, 0.2) is 6.07 Å². The minimum Gasteiger partial charge on any atom is -0.490 e. The zero-order chi connectivity index (χ0) is 27.4. The molecule has 226 valence electrons. The highest BCUT2D eigenvalue weighted by Gasteiger charge is 2.60. The van der Waals surface area contributed by atoms with Crippen molar-refractivity contribution in [1.29, 1.82) is 0 Å². The molecule has 1 atom stereocenters. The third-order valence-corrected chi connectivity index (χ3v) is 16.0. The van der Waals surface area contributed by atoms with Crippen molar-refractivity contribution in [3.8, 4) is 5.75 Å². The summed E-state index contributed by atoms with van der Waals surface area (Å²) >= 11 is 0. The molecule has 12 aliphatic carbocycles. The molecule has 1 heterocycles. The molecule has 13 fully saturated rings. The van der Waals surface area contributed by atoms with Crippen molar-refractivity contribution in [3.05, 3.63) is 28.3 Å². The van der Waals surface area contributed by atoms with Gasteiger partial charge in [0.2, 0.25) is 0 Å². The van der Waals surface area contributed by atoms with Gasteiger partial charge in [-0.3, -0.25) is 0 Å². The largest absolute Gasteiger partial charge is 0.490 e. The van der Waals surface area contributed by atoms with Crippen molar-refractivity contribution in [2.45, 2.75) is 145 Å². The van der Waals surface area contributed by atoms with E-state index in [-0.39, 0.29) is 0 Å². The van der Waals surface area contributed by atoms with Crippen LogP contribution in [-0.4, -0.2) is 19.3 Å². The Labute approximate surface area is 254 Å². The van der Waals surface area contributed by atoms with Gasteiger partial charge in [0, 0.05) is 16.5 Å². The first-order valence-corrected chi connectivity index (χ1v) is 18.9. The monoisotopic (exact) mass is 566 g/mol. The Bertz CT molecular complexity index is 1210. The molecule has 2 heteroatoms. The molecule has 1 unspecified atom stereocenters. The molecular formula is C40H54O2. The van der Waals surface area contributed by atoms with Crippen LogP contribution >= 0.6 is 0 Å². The first kappa shape index (κ1) is 25.2. The molecule has 0 radical (unpaired) electrons. The fourth-order valence-electron chi connectivity index (χ4n) is 16.1. The van der Waals surface area contributed by atoms with Gasteiger partial charge in [-0.25, -0.2) is 0 Å². The zero-order valence-electron chi connectivity index (χ0n) is 26.3. The van der Waals surface area contributed by atoms with Gasteiger partial charge in [-0.05, 0) is 198 Å². The van der Waals surface area contributed by atoms with Gasteiger partial charge >= 0.3 is 0 Å². The van der Waals surface area contributed by atoms with Gasteiger partial charge in [-0.1, -0.05) is 6.07 Å². The molecule has 14 rings (SSSR count). The Balaban J connectivity index is 1.16. The minimum absolute atomic E-state index is 0.336. The standard InChI is InChI=1S/C40H54O2/c1-23-2-34(38-12-24-3-25(13-38)5-26(4-24)14-38)37(42-22-33-21-41-33)36(40-18-30-9-31(19-40)11-32(10-30)20-40)35(23)39-15-27-6-28(16-39)8-29(7-27)17-39/h2,24-33H,3-22H2,1H3. The van der Waals surface area contributed by atoms with Crippen LogP contribution in [0.1, 0.15) is 138 Å². The van der Waals surface area contributed by atoms with Crippen molar-refractivity contribution in [3.63, 3.8) is 0 Å². The van der Waals surface area contributed by atoms with Crippen molar-refractivity contribution in [2.75, 3.05) is 13.2 Å². The lowest BCUT2D eigenvalue weighted by molar-refractivity contribution is -0.0203. The maximum absolute atomic E-state index is 7.41.